The predicted octanol–water partition coefficient (Wildman–Crippen LogP) is 2.61. The number of sulfonamides is 1. The molecule has 0 radical (unpaired) electrons. The minimum absolute atomic E-state index is 0.0143. The molecule has 0 amide bonds. The number of carboxylic acid groups (broad SMARTS) is 1. The monoisotopic (exact) mass is 325 g/mol. The average Bonchev–Trinajstić information content (AvgIpc) is 2.98. The maximum absolute atomic E-state index is 12.6. The van der Waals surface area contributed by atoms with E-state index in [1.165, 1.54) is 0 Å². The van der Waals surface area contributed by atoms with Crippen molar-refractivity contribution in [2.45, 2.75) is 56.4 Å². The molecule has 0 unspecified atom stereocenters. The normalized spacial score (nSPS) is 20.2. The van der Waals surface area contributed by atoms with E-state index in [2.05, 4.69) is 20.8 Å². The fourth-order valence-electron chi connectivity index (χ4n) is 2.69. The van der Waals surface area contributed by atoms with E-state index in [-0.39, 0.29) is 16.9 Å². The first-order chi connectivity index (χ1) is 10.2. The van der Waals surface area contributed by atoms with Crippen LogP contribution in [-0.4, -0.2) is 36.4 Å². The van der Waals surface area contributed by atoms with Crippen molar-refractivity contribution in [3.05, 3.63) is 29.8 Å². The zero-order chi connectivity index (χ0) is 16.5. The summed E-state index contributed by atoms with van der Waals surface area (Å²) in [6.07, 6.45) is 1.90. The zero-order valence-electron chi connectivity index (χ0n) is 13.2. The third kappa shape index (κ3) is 3.03. The van der Waals surface area contributed by atoms with Gasteiger partial charge in [0.05, 0.1) is 4.90 Å². The fourth-order valence-corrected chi connectivity index (χ4v) is 4.34. The van der Waals surface area contributed by atoms with Crippen LogP contribution >= 0.6 is 0 Å². The molecule has 122 valence electrons. The van der Waals surface area contributed by atoms with Crippen LogP contribution in [0.1, 0.15) is 45.6 Å². The van der Waals surface area contributed by atoms with Crippen molar-refractivity contribution in [3.63, 3.8) is 0 Å². The Hall–Kier alpha value is -1.40. The molecule has 0 bridgehead atoms. The van der Waals surface area contributed by atoms with Crippen molar-refractivity contribution in [3.8, 4) is 0 Å². The maximum atomic E-state index is 12.6. The van der Waals surface area contributed by atoms with Crippen LogP contribution in [0.3, 0.4) is 0 Å². The quantitative estimate of drug-likeness (QED) is 0.903. The number of hydrogen-bond donors (Lipinski definition) is 1. The van der Waals surface area contributed by atoms with Crippen LogP contribution < -0.4 is 0 Å². The minimum Gasteiger partial charge on any atom is -0.480 e. The van der Waals surface area contributed by atoms with Crippen LogP contribution in [0.2, 0.25) is 0 Å². The van der Waals surface area contributed by atoms with E-state index in [1.54, 1.807) is 12.1 Å². The molecule has 5 nitrogen and oxygen atoms in total. The highest BCUT2D eigenvalue weighted by atomic mass is 32.2. The second-order valence-corrected chi connectivity index (χ2v) is 8.26. The van der Waals surface area contributed by atoms with E-state index < -0.39 is 22.0 Å². The Morgan fingerprint density at radius 1 is 1.32 bits per heavy atom. The van der Waals surface area contributed by atoms with Gasteiger partial charge in [-0.2, -0.15) is 4.31 Å². The highest BCUT2D eigenvalue weighted by molar-refractivity contribution is 7.89. The number of aliphatic carboxylic acids is 1. The number of carboxylic acids is 1. The third-order valence-corrected chi connectivity index (χ3v) is 6.54. The van der Waals surface area contributed by atoms with Gasteiger partial charge in [-0.3, -0.25) is 4.79 Å². The molecule has 0 aromatic heterocycles. The lowest BCUT2D eigenvalue weighted by Crippen LogP contribution is -2.40. The molecule has 0 saturated carbocycles. The molecule has 1 aliphatic heterocycles. The summed E-state index contributed by atoms with van der Waals surface area (Å²) < 4.78 is 26.4. The number of benzene rings is 1. The van der Waals surface area contributed by atoms with Crippen molar-refractivity contribution in [2.24, 2.45) is 0 Å². The summed E-state index contributed by atoms with van der Waals surface area (Å²) in [7, 11) is -3.75. The Labute approximate surface area is 132 Å². The van der Waals surface area contributed by atoms with Crippen molar-refractivity contribution in [1.82, 2.24) is 4.31 Å². The molecule has 1 fully saturated rings. The number of nitrogens with zero attached hydrogens (tertiary/aromatic N) is 1. The summed E-state index contributed by atoms with van der Waals surface area (Å²) in [6.45, 7) is 6.57. The summed E-state index contributed by atoms with van der Waals surface area (Å²) in [6, 6.07) is 5.86. The summed E-state index contributed by atoms with van der Waals surface area (Å²) in [5, 5.41) is 9.17. The van der Waals surface area contributed by atoms with Gasteiger partial charge in [0.2, 0.25) is 10.0 Å². The van der Waals surface area contributed by atoms with Gasteiger partial charge in [-0.25, -0.2) is 8.42 Å². The molecular formula is C16H23NO4S. The lowest BCUT2D eigenvalue weighted by atomic mass is 9.82. The smallest absolute Gasteiger partial charge is 0.322 e. The number of rotatable bonds is 5. The standard InChI is InChI=1S/C16H23NO4S/c1-4-16(2,3)12-7-9-13(10-8-12)22(20,21)17-11-5-6-14(17)15(18)19/h7-10,14H,4-6,11H2,1-3H3,(H,18,19)/t14-/m0/s1. The van der Waals surface area contributed by atoms with E-state index in [9.17, 15) is 18.3 Å². The molecule has 1 aromatic carbocycles. The Balaban J connectivity index is 2.33. The predicted molar refractivity (Wildman–Crippen MR) is 84.3 cm³/mol. The molecule has 0 aliphatic carbocycles. The van der Waals surface area contributed by atoms with Gasteiger partial charge in [0, 0.05) is 6.54 Å². The van der Waals surface area contributed by atoms with Crippen molar-refractivity contribution < 1.29 is 18.3 Å². The molecule has 1 atom stereocenters. The van der Waals surface area contributed by atoms with Gasteiger partial charge in [-0.1, -0.05) is 32.9 Å². The van der Waals surface area contributed by atoms with Crippen LogP contribution in [0.15, 0.2) is 29.2 Å². The zero-order valence-corrected chi connectivity index (χ0v) is 14.1. The molecule has 1 saturated heterocycles. The van der Waals surface area contributed by atoms with E-state index in [4.69, 9.17) is 0 Å². The molecule has 1 aliphatic rings. The first-order valence-electron chi connectivity index (χ1n) is 7.55. The second kappa shape index (κ2) is 6.01. The molecule has 2 rings (SSSR count). The van der Waals surface area contributed by atoms with Gasteiger partial charge in [-0.05, 0) is 42.4 Å². The maximum Gasteiger partial charge on any atom is 0.322 e. The van der Waals surface area contributed by atoms with E-state index >= 15 is 0 Å². The summed E-state index contributed by atoms with van der Waals surface area (Å²) >= 11 is 0. The van der Waals surface area contributed by atoms with Gasteiger partial charge >= 0.3 is 5.97 Å². The lowest BCUT2D eigenvalue weighted by Gasteiger charge is -2.24. The molecule has 1 heterocycles. The Kier molecular flexibility index (Phi) is 4.63. The van der Waals surface area contributed by atoms with Crippen LogP contribution in [0.25, 0.3) is 0 Å². The highest BCUT2D eigenvalue weighted by Gasteiger charge is 2.39. The largest absolute Gasteiger partial charge is 0.480 e. The highest BCUT2D eigenvalue weighted by Crippen LogP contribution is 2.30. The molecule has 22 heavy (non-hydrogen) atoms. The number of carbonyl (C=O) groups is 1. The van der Waals surface area contributed by atoms with E-state index in [0.29, 0.717) is 12.8 Å². The van der Waals surface area contributed by atoms with Crippen LogP contribution in [0.5, 0.6) is 0 Å². The third-order valence-electron chi connectivity index (χ3n) is 4.62. The van der Waals surface area contributed by atoms with E-state index in [0.717, 1.165) is 16.3 Å². The minimum atomic E-state index is -3.75. The molecule has 0 spiro atoms. The SMILES string of the molecule is CCC(C)(C)c1ccc(S(=O)(=O)N2CCC[C@H]2C(=O)O)cc1. The van der Waals surface area contributed by atoms with Gasteiger partial charge in [0.1, 0.15) is 6.04 Å². The molecular weight excluding hydrogens is 302 g/mol. The summed E-state index contributed by atoms with van der Waals surface area (Å²) in [5.41, 5.74) is 1.06. The number of hydrogen-bond acceptors (Lipinski definition) is 3. The van der Waals surface area contributed by atoms with Crippen molar-refractivity contribution in [2.75, 3.05) is 6.54 Å². The Morgan fingerprint density at radius 3 is 2.41 bits per heavy atom. The van der Waals surface area contributed by atoms with Gasteiger partial charge in [-0.15, -0.1) is 0 Å². The topological polar surface area (TPSA) is 74.7 Å². The first kappa shape index (κ1) is 17.0. The van der Waals surface area contributed by atoms with Crippen molar-refractivity contribution >= 4 is 16.0 Å². The van der Waals surface area contributed by atoms with Crippen LogP contribution in [0, 0.1) is 0 Å². The van der Waals surface area contributed by atoms with Crippen LogP contribution in [0.4, 0.5) is 0 Å². The first-order valence-corrected chi connectivity index (χ1v) is 8.99. The summed E-state index contributed by atoms with van der Waals surface area (Å²) in [4.78, 5) is 11.4. The molecule has 1 N–H and O–H groups in total. The Bertz CT molecular complexity index is 649. The van der Waals surface area contributed by atoms with Gasteiger partial charge < -0.3 is 5.11 Å². The second-order valence-electron chi connectivity index (χ2n) is 6.37. The average molecular weight is 325 g/mol. The van der Waals surface area contributed by atoms with Gasteiger partial charge in [0.15, 0.2) is 0 Å². The fraction of sp³-hybridized carbons (Fsp3) is 0.562. The van der Waals surface area contributed by atoms with E-state index in [1.807, 2.05) is 12.1 Å². The Morgan fingerprint density at radius 2 is 1.91 bits per heavy atom. The van der Waals surface area contributed by atoms with Gasteiger partial charge in [0.25, 0.3) is 0 Å². The molecule has 1 aromatic rings. The molecule has 6 heteroatoms. The summed E-state index contributed by atoms with van der Waals surface area (Å²) in [5.74, 6) is -1.08. The lowest BCUT2D eigenvalue weighted by molar-refractivity contribution is -0.140. The van der Waals surface area contributed by atoms with Crippen LogP contribution in [-0.2, 0) is 20.2 Å². The van der Waals surface area contributed by atoms with Crippen molar-refractivity contribution in [1.29, 1.82) is 0 Å².